The minimum absolute atomic E-state index is 0.185. The molecular formula is C11H21FN2. The van der Waals surface area contributed by atoms with E-state index in [-0.39, 0.29) is 6.67 Å². The molecule has 14 heavy (non-hydrogen) atoms. The molecule has 2 aliphatic rings. The van der Waals surface area contributed by atoms with Crippen LogP contribution in [0.2, 0.25) is 0 Å². The average Bonchev–Trinajstić information content (AvgIpc) is 2.65. The van der Waals surface area contributed by atoms with Gasteiger partial charge in [0.15, 0.2) is 0 Å². The van der Waals surface area contributed by atoms with Gasteiger partial charge in [0.2, 0.25) is 0 Å². The van der Waals surface area contributed by atoms with E-state index < -0.39 is 0 Å². The molecule has 0 bridgehead atoms. The van der Waals surface area contributed by atoms with Gasteiger partial charge in [-0.3, -0.25) is 4.39 Å². The maximum Gasteiger partial charge on any atom is 0.0906 e. The van der Waals surface area contributed by atoms with Crippen LogP contribution in [-0.2, 0) is 0 Å². The summed E-state index contributed by atoms with van der Waals surface area (Å²) < 4.78 is 11.9. The molecule has 0 amide bonds. The summed E-state index contributed by atoms with van der Waals surface area (Å²) in [6, 6.07) is 1.48. The predicted octanol–water partition coefficient (Wildman–Crippen LogP) is 1.56. The van der Waals surface area contributed by atoms with Gasteiger partial charge >= 0.3 is 0 Å². The van der Waals surface area contributed by atoms with Crippen molar-refractivity contribution in [2.24, 2.45) is 0 Å². The SMILES string of the molecule is FCCCNC1CCN2CCCC2C1. The molecule has 2 heterocycles. The molecule has 0 aliphatic carbocycles. The Morgan fingerprint density at radius 2 is 2.21 bits per heavy atom. The summed E-state index contributed by atoms with van der Waals surface area (Å²) >= 11 is 0. The van der Waals surface area contributed by atoms with Crippen LogP contribution < -0.4 is 5.32 Å². The third kappa shape index (κ3) is 2.45. The quantitative estimate of drug-likeness (QED) is 0.693. The molecule has 2 aliphatic heterocycles. The molecule has 1 N–H and O–H groups in total. The lowest BCUT2D eigenvalue weighted by molar-refractivity contribution is 0.167. The summed E-state index contributed by atoms with van der Waals surface area (Å²) in [5.41, 5.74) is 0. The Kier molecular flexibility index (Phi) is 3.76. The predicted molar refractivity (Wildman–Crippen MR) is 56.2 cm³/mol. The lowest BCUT2D eigenvalue weighted by Gasteiger charge is -2.35. The third-order valence-corrected chi connectivity index (χ3v) is 3.56. The molecule has 2 saturated heterocycles. The normalized spacial score (nSPS) is 33.2. The van der Waals surface area contributed by atoms with Crippen LogP contribution in [0.3, 0.4) is 0 Å². The molecule has 0 saturated carbocycles. The number of hydrogen-bond donors (Lipinski definition) is 1. The van der Waals surface area contributed by atoms with Crippen LogP contribution in [0.15, 0.2) is 0 Å². The molecule has 0 aromatic rings. The van der Waals surface area contributed by atoms with E-state index in [9.17, 15) is 4.39 Å². The second-order valence-electron chi connectivity index (χ2n) is 4.55. The van der Waals surface area contributed by atoms with Gasteiger partial charge in [-0.25, -0.2) is 0 Å². The fraction of sp³-hybridized carbons (Fsp3) is 1.00. The highest BCUT2D eigenvalue weighted by molar-refractivity contribution is 4.88. The Bertz CT molecular complexity index is 175. The van der Waals surface area contributed by atoms with Gasteiger partial charge in [0.25, 0.3) is 0 Å². The molecule has 2 unspecified atom stereocenters. The lowest BCUT2D eigenvalue weighted by atomic mass is 9.97. The first-order chi connectivity index (χ1) is 6.90. The lowest BCUT2D eigenvalue weighted by Crippen LogP contribution is -2.45. The molecular weight excluding hydrogens is 179 g/mol. The van der Waals surface area contributed by atoms with Crippen LogP contribution in [0.25, 0.3) is 0 Å². The van der Waals surface area contributed by atoms with Gasteiger partial charge in [0.1, 0.15) is 0 Å². The molecule has 0 aromatic carbocycles. The van der Waals surface area contributed by atoms with Gasteiger partial charge in [0, 0.05) is 12.1 Å². The monoisotopic (exact) mass is 200 g/mol. The number of alkyl halides is 1. The summed E-state index contributed by atoms with van der Waals surface area (Å²) in [5.74, 6) is 0. The van der Waals surface area contributed by atoms with Gasteiger partial charge in [0.05, 0.1) is 6.67 Å². The van der Waals surface area contributed by atoms with E-state index in [0.29, 0.717) is 12.5 Å². The third-order valence-electron chi connectivity index (χ3n) is 3.56. The van der Waals surface area contributed by atoms with Crippen molar-refractivity contribution in [3.63, 3.8) is 0 Å². The van der Waals surface area contributed by atoms with E-state index in [4.69, 9.17) is 0 Å². The van der Waals surface area contributed by atoms with Crippen LogP contribution in [0.4, 0.5) is 4.39 Å². The Morgan fingerprint density at radius 3 is 3.07 bits per heavy atom. The topological polar surface area (TPSA) is 15.3 Å². The smallest absolute Gasteiger partial charge is 0.0906 e. The number of fused-ring (bicyclic) bond motifs is 1. The van der Waals surface area contributed by atoms with E-state index in [1.54, 1.807) is 0 Å². The highest BCUT2D eigenvalue weighted by Gasteiger charge is 2.31. The zero-order valence-electron chi connectivity index (χ0n) is 8.84. The Morgan fingerprint density at radius 1 is 1.29 bits per heavy atom. The van der Waals surface area contributed by atoms with Gasteiger partial charge in [-0.15, -0.1) is 0 Å². The number of hydrogen-bond acceptors (Lipinski definition) is 2. The zero-order valence-corrected chi connectivity index (χ0v) is 8.84. The fourth-order valence-electron chi connectivity index (χ4n) is 2.78. The Labute approximate surface area is 85.9 Å². The largest absolute Gasteiger partial charge is 0.314 e. The first-order valence-electron chi connectivity index (χ1n) is 5.93. The number of nitrogens with one attached hydrogen (secondary N) is 1. The Hall–Kier alpha value is -0.150. The van der Waals surface area contributed by atoms with Crippen molar-refractivity contribution in [2.45, 2.75) is 44.2 Å². The van der Waals surface area contributed by atoms with Crippen molar-refractivity contribution in [1.29, 1.82) is 0 Å². The van der Waals surface area contributed by atoms with Crippen molar-refractivity contribution in [2.75, 3.05) is 26.3 Å². The minimum atomic E-state index is -0.185. The molecule has 2 rings (SSSR count). The van der Waals surface area contributed by atoms with Gasteiger partial charge in [-0.05, 0) is 51.7 Å². The van der Waals surface area contributed by atoms with E-state index in [1.807, 2.05) is 0 Å². The van der Waals surface area contributed by atoms with Crippen LogP contribution in [0.5, 0.6) is 0 Å². The van der Waals surface area contributed by atoms with Crippen molar-refractivity contribution in [3.05, 3.63) is 0 Å². The molecule has 2 fully saturated rings. The van der Waals surface area contributed by atoms with Crippen LogP contribution in [-0.4, -0.2) is 43.3 Å². The van der Waals surface area contributed by atoms with Crippen molar-refractivity contribution >= 4 is 0 Å². The van der Waals surface area contributed by atoms with E-state index in [0.717, 1.165) is 12.6 Å². The molecule has 0 radical (unpaired) electrons. The summed E-state index contributed by atoms with van der Waals surface area (Å²) in [6.07, 6.45) is 5.96. The van der Waals surface area contributed by atoms with Crippen LogP contribution in [0.1, 0.15) is 32.1 Å². The second-order valence-corrected chi connectivity index (χ2v) is 4.55. The minimum Gasteiger partial charge on any atom is -0.314 e. The number of piperidine rings is 1. The molecule has 2 atom stereocenters. The maximum absolute atomic E-state index is 11.9. The second kappa shape index (κ2) is 5.08. The van der Waals surface area contributed by atoms with Crippen molar-refractivity contribution in [1.82, 2.24) is 10.2 Å². The Balaban J connectivity index is 1.69. The maximum atomic E-state index is 11.9. The zero-order chi connectivity index (χ0) is 9.80. The summed E-state index contributed by atoms with van der Waals surface area (Å²) in [7, 11) is 0. The standard InChI is InChI=1S/C11H21FN2/c12-5-2-6-13-10-4-8-14-7-1-3-11(14)9-10/h10-11,13H,1-9H2. The van der Waals surface area contributed by atoms with Crippen LogP contribution >= 0.6 is 0 Å². The highest BCUT2D eigenvalue weighted by atomic mass is 19.1. The van der Waals surface area contributed by atoms with Crippen molar-refractivity contribution in [3.8, 4) is 0 Å². The highest BCUT2D eigenvalue weighted by Crippen LogP contribution is 2.26. The average molecular weight is 200 g/mol. The molecule has 0 aromatic heterocycles. The number of nitrogens with zero attached hydrogens (tertiary/aromatic N) is 1. The van der Waals surface area contributed by atoms with Gasteiger partial charge < -0.3 is 10.2 Å². The van der Waals surface area contributed by atoms with Gasteiger partial charge in [-0.1, -0.05) is 0 Å². The van der Waals surface area contributed by atoms with Gasteiger partial charge in [-0.2, -0.15) is 0 Å². The van der Waals surface area contributed by atoms with E-state index >= 15 is 0 Å². The van der Waals surface area contributed by atoms with E-state index in [2.05, 4.69) is 10.2 Å². The van der Waals surface area contributed by atoms with Crippen LogP contribution in [0, 0.1) is 0 Å². The molecule has 2 nitrogen and oxygen atoms in total. The summed E-state index contributed by atoms with van der Waals surface area (Å²) in [5, 5.41) is 3.47. The van der Waals surface area contributed by atoms with E-state index in [1.165, 1.54) is 38.8 Å². The van der Waals surface area contributed by atoms with Crippen molar-refractivity contribution < 1.29 is 4.39 Å². The summed E-state index contributed by atoms with van der Waals surface area (Å²) in [6.45, 7) is 3.23. The first-order valence-corrected chi connectivity index (χ1v) is 5.93. The number of halogens is 1. The fourth-order valence-corrected chi connectivity index (χ4v) is 2.78. The molecule has 0 spiro atoms. The first kappa shape index (κ1) is 10.4. The summed E-state index contributed by atoms with van der Waals surface area (Å²) in [4.78, 5) is 2.62. The molecule has 3 heteroatoms. The number of rotatable bonds is 4. The molecule has 82 valence electrons.